The standard InChI is InChI=1S/C20H28O8S2/c1-18-9-6-13-12-14(27-29(21,22)23)4-5-15(13)16(18)7-10-19(2)17(28-30(24,25)26)8-11-20(18,19)3/h4-5,12,16-17H,6-11H2,1-3H3,(H,21,22,23)(H,24,25,26)/t16-,17+,18-,19-,20+/m1/s1. The fourth-order valence-electron chi connectivity index (χ4n) is 6.86. The van der Waals surface area contributed by atoms with Gasteiger partial charge in [-0.1, -0.05) is 26.8 Å². The number of benzene rings is 1. The molecule has 0 amide bonds. The summed E-state index contributed by atoms with van der Waals surface area (Å²) in [5.74, 6) is 0.317. The van der Waals surface area contributed by atoms with Crippen LogP contribution < -0.4 is 4.18 Å². The minimum absolute atomic E-state index is 0.0918. The fraction of sp³-hybridized carbons (Fsp3) is 0.700. The normalized spacial score (nSPS) is 38.4. The molecular weight excluding hydrogens is 432 g/mol. The van der Waals surface area contributed by atoms with Crippen LogP contribution in [0.5, 0.6) is 5.75 Å². The van der Waals surface area contributed by atoms with Gasteiger partial charge in [0.1, 0.15) is 5.75 Å². The Morgan fingerprint density at radius 1 is 0.933 bits per heavy atom. The summed E-state index contributed by atoms with van der Waals surface area (Å²) in [5, 5.41) is 0. The van der Waals surface area contributed by atoms with E-state index in [9.17, 15) is 21.4 Å². The molecule has 0 aromatic heterocycles. The number of hydrogen-bond acceptors (Lipinski definition) is 6. The second kappa shape index (κ2) is 6.65. The van der Waals surface area contributed by atoms with Crippen molar-refractivity contribution in [3.63, 3.8) is 0 Å². The van der Waals surface area contributed by atoms with Crippen molar-refractivity contribution in [3.8, 4) is 5.75 Å². The Bertz CT molecular complexity index is 1080. The van der Waals surface area contributed by atoms with E-state index in [1.807, 2.05) is 6.07 Å². The van der Waals surface area contributed by atoms with Gasteiger partial charge in [0.2, 0.25) is 0 Å². The summed E-state index contributed by atoms with van der Waals surface area (Å²) < 4.78 is 72.9. The van der Waals surface area contributed by atoms with E-state index in [1.54, 1.807) is 12.1 Å². The Kier molecular flexibility index (Phi) is 4.88. The minimum Gasteiger partial charge on any atom is -0.362 e. The highest BCUT2D eigenvalue weighted by atomic mass is 32.3. The van der Waals surface area contributed by atoms with Crippen molar-refractivity contribution >= 4 is 20.8 Å². The fourth-order valence-corrected chi connectivity index (χ4v) is 7.81. The van der Waals surface area contributed by atoms with E-state index >= 15 is 0 Å². The topological polar surface area (TPSA) is 127 Å². The Balaban J connectivity index is 1.70. The van der Waals surface area contributed by atoms with Gasteiger partial charge < -0.3 is 4.18 Å². The predicted molar refractivity (Wildman–Crippen MR) is 109 cm³/mol. The minimum atomic E-state index is -4.57. The van der Waals surface area contributed by atoms with E-state index in [0.717, 1.165) is 43.2 Å². The monoisotopic (exact) mass is 460 g/mol. The Hall–Kier alpha value is -1.20. The number of rotatable bonds is 4. The molecule has 0 saturated heterocycles. The maximum absolute atomic E-state index is 11.4. The van der Waals surface area contributed by atoms with Crippen molar-refractivity contribution in [3.05, 3.63) is 29.3 Å². The Morgan fingerprint density at radius 2 is 1.63 bits per heavy atom. The van der Waals surface area contributed by atoms with Gasteiger partial charge in [0.15, 0.2) is 0 Å². The van der Waals surface area contributed by atoms with E-state index in [2.05, 4.69) is 25.0 Å². The SMILES string of the molecule is C[C@@]12CC[C@H](OS(=O)(=O)O)[C@@]1(C)CC[C@@H]1c3ccc(OS(=O)(=O)O)cc3CC[C@]12C. The van der Waals surface area contributed by atoms with Crippen LogP contribution in [0.15, 0.2) is 18.2 Å². The van der Waals surface area contributed by atoms with Gasteiger partial charge in [-0.05, 0) is 78.5 Å². The van der Waals surface area contributed by atoms with Crippen LogP contribution in [-0.2, 0) is 31.4 Å². The van der Waals surface area contributed by atoms with E-state index < -0.39 is 26.9 Å². The summed E-state index contributed by atoms with van der Waals surface area (Å²) in [6, 6.07) is 5.12. The molecule has 0 heterocycles. The van der Waals surface area contributed by atoms with E-state index in [-0.39, 0.29) is 27.9 Å². The van der Waals surface area contributed by atoms with Crippen LogP contribution in [0.2, 0.25) is 0 Å². The molecule has 1 aromatic rings. The zero-order valence-electron chi connectivity index (χ0n) is 17.3. The summed E-state index contributed by atoms with van der Waals surface area (Å²) in [6.45, 7) is 6.56. The molecular formula is C20H28O8S2. The van der Waals surface area contributed by atoms with Crippen molar-refractivity contribution < 1.29 is 34.3 Å². The lowest BCUT2D eigenvalue weighted by molar-refractivity contribution is -0.129. The van der Waals surface area contributed by atoms with Gasteiger partial charge in [-0.25, -0.2) is 4.18 Å². The van der Waals surface area contributed by atoms with Crippen LogP contribution in [0, 0.1) is 16.2 Å². The van der Waals surface area contributed by atoms with Gasteiger partial charge in [-0.15, -0.1) is 0 Å². The summed E-state index contributed by atoms with van der Waals surface area (Å²) >= 11 is 0. The van der Waals surface area contributed by atoms with Gasteiger partial charge in [0, 0.05) is 5.41 Å². The molecule has 4 rings (SSSR count). The third-order valence-corrected chi connectivity index (χ3v) is 9.58. The van der Waals surface area contributed by atoms with Crippen molar-refractivity contribution in [2.75, 3.05) is 0 Å². The highest BCUT2D eigenvalue weighted by Gasteiger charge is 2.67. The van der Waals surface area contributed by atoms with Crippen molar-refractivity contribution in [1.82, 2.24) is 0 Å². The molecule has 2 N–H and O–H groups in total. The summed E-state index contributed by atoms with van der Waals surface area (Å²) in [6.07, 6.45) is 3.98. The average molecular weight is 461 g/mol. The molecule has 3 aliphatic carbocycles. The second-order valence-electron chi connectivity index (χ2n) is 9.68. The van der Waals surface area contributed by atoms with E-state index in [0.29, 0.717) is 6.42 Å². The molecule has 5 atom stereocenters. The lowest BCUT2D eigenvalue weighted by atomic mass is 9.41. The number of fused-ring (bicyclic) bond motifs is 5. The number of hydrogen-bond donors (Lipinski definition) is 2. The van der Waals surface area contributed by atoms with Crippen molar-refractivity contribution in [2.24, 2.45) is 16.2 Å². The first-order valence-electron chi connectivity index (χ1n) is 10.1. The van der Waals surface area contributed by atoms with E-state index in [4.69, 9.17) is 8.74 Å². The molecule has 2 saturated carbocycles. The highest BCUT2D eigenvalue weighted by Crippen LogP contribution is 2.73. The lowest BCUT2D eigenvalue weighted by Crippen LogP contribution is -2.57. The van der Waals surface area contributed by atoms with E-state index in [1.165, 1.54) is 0 Å². The Labute approximate surface area is 177 Å². The molecule has 0 bridgehead atoms. The van der Waals surface area contributed by atoms with Gasteiger partial charge in [-0.3, -0.25) is 9.11 Å². The molecule has 0 aliphatic heterocycles. The Morgan fingerprint density at radius 3 is 2.27 bits per heavy atom. The zero-order chi connectivity index (χ0) is 22.2. The van der Waals surface area contributed by atoms with Gasteiger partial charge in [0.25, 0.3) is 0 Å². The second-order valence-corrected chi connectivity index (χ2v) is 11.8. The maximum atomic E-state index is 11.4. The lowest BCUT2D eigenvalue weighted by Gasteiger charge is -2.63. The van der Waals surface area contributed by atoms with Crippen LogP contribution in [0.25, 0.3) is 0 Å². The first-order chi connectivity index (χ1) is 13.7. The molecule has 0 spiro atoms. The van der Waals surface area contributed by atoms with Crippen LogP contribution in [0.3, 0.4) is 0 Å². The molecule has 168 valence electrons. The first-order valence-corrected chi connectivity index (χ1v) is 12.9. The first kappa shape index (κ1) is 22.0. The van der Waals surface area contributed by atoms with Crippen molar-refractivity contribution in [2.45, 2.75) is 71.3 Å². The summed E-state index contributed by atoms with van der Waals surface area (Å²) in [5.41, 5.74) is 1.46. The molecule has 3 aliphatic rings. The van der Waals surface area contributed by atoms with Crippen LogP contribution in [-0.4, -0.2) is 32.0 Å². The van der Waals surface area contributed by atoms with Gasteiger partial charge in [-0.2, -0.15) is 16.8 Å². The maximum Gasteiger partial charge on any atom is 0.446 e. The van der Waals surface area contributed by atoms with Gasteiger partial charge >= 0.3 is 20.8 Å². The van der Waals surface area contributed by atoms with Crippen LogP contribution in [0.1, 0.15) is 69.9 Å². The van der Waals surface area contributed by atoms with Gasteiger partial charge in [0.05, 0.1) is 6.10 Å². The van der Waals surface area contributed by atoms with Crippen LogP contribution >= 0.6 is 0 Å². The predicted octanol–water partition coefficient (Wildman–Crippen LogP) is 3.69. The zero-order valence-corrected chi connectivity index (χ0v) is 18.9. The molecule has 0 radical (unpaired) electrons. The smallest absolute Gasteiger partial charge is 0.362 e. The average Bonchev–Trinajstić information content (AvgIpc) is 2.85. The molecule has 0 unspecified atom stereocenters. The quantitative estimate of drug-likeness (QED) is 0.651. The highest BCUT2D eigenvalue weighted by molar-refractivity contribution is 7.81. The molecule has 2 fully saturated rings. The summed E-state index contributed by atoms with van der Waals surface area (Å²) in [4.78, 5) is 0. The van der Waals surface area contributed by atoms with Crippen LogP contribution in [0.4, 0.5) is 0 Å². The third-order valence-electron chi connectivity index (χ3n) is 8.70. The largest absolute Gasteiger partial charge is 0.446 e. The molecule has 1 aromatic carbocycles. The summed E-state index contributed by atoms with van der Waals surface area (Å²) in [7, 11) is -9.10. The number of aryl methyl sites for hydroxylation is 1. The molecule has 30 heavy (non-hydrogen) atoms. The van der Waals surface area contributed by atoms with Crippen molar-refractivity contribution in [1.29, 1.82) is 0 Å². The molecule has 10 heteroatoms. The molecule has 8 nitrogen and oxygen atoms in total. The third kappa shape index (κ3) is 3.28.